The van der Waals surface area contributed by atoms with Crippen LogP contribution in [0.5, 0.6) is 5.75 Å². The average Bonchev–Trinajstić information content (AvgIpc) is 2.27. The predicted octanol–water partition coefficient (Wildman–Crippen LogP) is 2.91. The third-order valence-corrected chi connectivity index (χ3v) is 2.93. The molecule has 2 rings (SSSR count). The van der Waals surface area contributed by atoms with E-state index in [4.69, 9.17) is 4.74 Å². The fourth-order valence-corrected chi connectivity index (χ4v) is 2.11. The fraction of sp³-hybridized carbons (Fsp3) is 0.455. The van der Waals surface area contributed by atoms with Crippen LogP contribution < -0.4 is 9.64 Å². The zero-order valence-electron chi connectivity index (χ0n) is 8.46. The highest BCUT2D eigenvalue weighted by Gasteiger charge is 2.17. The van der Waals surface area contributed by atoms with Gasteiger partial charge in [0, 0.05) is 24.0 Å². The second-order valence-electron chi connectivity index (χ2n) is 3.91. The van der Waals surface area contributed by atoms with E-state index in [0.29, 0.717) is 5.92 Å². The van der Waals surface area contributed by atoms with E-state index in [1.54, 1.807) is 0 Å². The van der Waals surface area contributed by atoms with Gasteiger partial charge in [-0.05, 0) is 18.2 Å². The monoisotopic (exact) mass is 255 g/mol. The highest BCUT2D eigenvalue weighted by Crippen LogP contribution is 2.33. The summed E-state index contributed by atoms with van der Waals surface area (Å²) in [4.78, 5) is 2.25. The van der Waals surface area contributed by atoms with E-state index in [1.807, 2.05) is 12.1 Å². The van der Waals surface area contributed by atoms with E-state index >= 15 is 0 Å². The molecule has 1 aromatic carbocycles. The van der Waals surface area contributed by atoms with Gasteiger partial charge in [-0.25, -0.2) is 0 Å². The van der Waals surface area contributed by atoms with Gasteiger partial charge in [-0.15, -0.1) is 0 Å². The number of benzene rings is 1. The summed E-state index contributed by atoms with van der Waals surface area (Å²) in [5.41, 5.74) is 1.17. The van der Waals surface area contributed by atoms with E-state index in [2.05, 4.69) is 40.9 Å². The maximum atomic E-state index is 5.72. The molecule has 1 atom stereocenters. The van der Waals surface area contributed by atoms with Crippen LogP contribution in [0, 0.1) is 5.92 Å². The molecule has 1 aliphatic heterocycles. The van der Waals surface area contributed by atoms with Crippen molar-refractivity contribution in [3.8, 4) is 5.75 Å². The van der Waals surface area contributed by atoms with Gasteiger partial charge in [-0.3, -0.25) is 0 Å². The summed E-state index contributed by atoms with van der Waals surface area (Å²) in [6.45, 7) is 4.06. The fourth-order valence-electron chi connectivity index (χ4n) is 1.76. The summed E-state index contributed by atoms with van der Waals surface area (Å²) in [7, 11) is 2.11. The number of fused-ring (bicyclic) bond motifs is 1. The minimum atomic E-state index is 0.575. The molecule has 76 valence electrons. The molecule has 1 unspecified atom stereocenters. The summed E-state index contributed by atoms with van der Waals surface area (Å²) >= 11 is 3.48. The van der Waals surface area contributed by atoms with Crippen LogP contribution in [0.1, 0.15) is 6.92 Å². The molecule has 3 heteroatoms. The molecule has 0 saturated heterocycles. The molecule has 0 fully saturated rings. The van der Waals surface area contributed by atoms with Crippen molar-refractivity contribution in [2.45, 2.75) is 6.92 Å². The molecule has 0 aromatic heterocycles. The van der Waals surface area contributed by atoms with E-state index in [9.17, 15) is 0 Å². The van der Waals surface area contributed by atoms with Crippen molar-refractivity contribution in [1.29, 1.82) is 0 Å². The van der Waals surface area contributed by atoms with Gasteiger partial charge in [0.25, 0.3) is 0 Å². The molecule has 1 heterocycles. The zero-order valence-corrected chi connectivity index (χ0v) is 10.0. The lowest BCUT2D eigenvalue weighted by Gasteiger charge is -2.19. The van der Waals surface area contributed by atoms with Gasteiger partial charge in [-0.1, -0.05) is 22.9 Å². The molecule has 0 aliphatic carbocycles. The topological polar surface area (TPSA) is 12.5 Å². The van der Waals surface area contributed by atoms with E-state index in [0.717, 1.165) is 23.4 Å². The second kappa shape index (κ2) is 3.81. The SMILES string of the molecule is CC1COc2ccc(Br)cc2N(C)C1. The standard InChI is InChI=1S/C11H14BrNO/c1-8-6-13(2)10-5-9(12)3-4-11(10)14-7-8/h3-5,8H,6-7H2,1-2H3. The number of rotatable bonds is 0. The molecule has 0 N–H and O–H groups in total. The molecule has 1 aliphatic rings. The maximum absolute atomic E-state index is 5.72. The van der Waals surface area contributed by atoms with Gasteiger partial charge >= 0.3 is 0 Å². The third kappa shape index (κ3) is 1.87. The van der Waals surface area contributed by atoms with E-state index < -0.39 is 0 Å². The average molecular weight is 256 g/mol. The quantitative estimate of drug-likeness (QED) is 0.707. The molecule has 2 nitrogen and oxygen atoms in total. The Kier molecular flexibility index (Phi) is 2.68. The second-order valence-corrected chi connectivity index (χ2v) is 4.82. The Bertz CT molecular complexity index is 340. The minimum absolute atomic E-state index is 0.575. The van der Waals surface area contributed by atoms with Gasteiger partial charge < -0.3 is 9.64 Å². The smallest absolute Gasteiger partial charge is 0.142 e. The number of hydrogen-bond donors (Lipinski definition) is 0. The van der Waals surface area contributed by atoms with Gasteiger partial charge in [0.15, 0.2) is 0 Å². The predicted molar refractivity (Wildman–Crippen MR) is 62.1 cm³/mol. The van der Waals surface area contributed by atoms with Crippen LogP contribution in [-0.4, -0.2) is 20.2 Å². The molecular weight excluding hydrogens is 242 g/mol. The molecule has 0 saturated carbocycles. The molecule has 1 aromatic rings. The van der Waals surface area contributed by atoms with Crippen LogP contribution in [0.15, 0.2) is 22.7 Å². The Morgan fingerprint density at radius 3 is 3.07 bits per heavy atom. The van der Waals surface area contributed by atoms with Crippen LogP contribution in [0.25, 0.3) is 0 Å². The first-order valence-corrected chi connectivity index (χ1v) is 5.59. The van der Waals surface area contributed by atoms with Gasteiger partial charge in [0.1, 0.15) is 5.75 Å². The largest absolute Gasteiger partial charge is 0.491 e. The highest BCUT2D eigenvalue weighted by atomic mass is 79.9. The first-order valence-electron chi connectivity index (χ1n) is 4.80. The Hall–Kier alpha value is -0.700. The van der Waals surface area contributed by atoms with Gasteiger partial charge in [-0.2, -0.15) is 0 Å². The van der Waals surface area contributed by atoms with Crippen molar-refractivity contribution in [2.75, 3.05) is 25.1 Å². The Morgan fingerprint density at radius 1 is 1.50 bits per heavy atom. The van der Waals surface area contributed by atoms with Crippen LogP contribution >= 0.6 is 15.9 Å². The molecule has 0 amide bonds. The van der Waals surface area contributed by atoms with Crippen LogP contribution in [-0.2, 0) is 0 Å². The lowest BCUT2D eigenvalue weighted by Crippen LogP contribution is -2.23. The minimum Gasteiger partial charge on any atom is -0.491 e. The zero-order chi connectivity index (χ0) is 10.1. The van der Waals surface area contributed by atoms with Crippen molar-refractivity contribution >= 4 is 21.6 Å². The Labute approximate surface area is 93.0 Å². The van der Waals surface area contributed by atoms with Crippen LogP contribution in [0.3, 0.4) is 0 Å². The lowest BCUT2D eigenvalue weighted by atomic mass is 10.2. The van der Waals surface area contributed by atoms with Crippen molar-refractivity contribution in [2.24, 2.45) is 5.92 Å². The molecule has 0 spiro atoms. The molecule has 14 heavy (non-hydrogen) atoms. The van der Waals surface area contributed by atoms with Crippen molar-refractivity contribution < 1.29 is 4.74 Å². The van der Waals surface area contributed by atoms with Crippen molar-refractivity contribution in [1.82, 2.24) is 0 Å². The first kappa shape index (κ1) is 9.84. The Balaban J connectivity index is 2.39. The first-order chi connectivity index (χ1) is 6.66. The van der Waals surface area contributed by atoms with E-state index in [-0.39, 0.29) is 0 Å². The summed E-state index contributed by atoms with van der Waals surface area (Å²) < 4.78 is 6.82. The molecular formula is C11H14BrNO. The lowest BCUT2D eigenvalue weighted by molar-refractivity contribution is 0.274. The normalized spacial score (nSPS) is 21.1. The Morgan fingerprint density at radius 2 is 2.29 bits per heavy atom. The maximum Gasteiger partial charge on any atom is 0.142 e. The summed E-state index contributed by atoms with van der Waals surface area (Å²) in [5.74, 6) is 1.56. The van der Waals surface area contributed by atoms with Gasteiger partial charge in [0.2, 0.25) is 0 Å². The molecule has 0 radical (unpaired) electrons. The van der Waals surface area contributed by atoms with E-state index in [1.165, 1.54) is 5.69 Å². The molecule has 0 bridgehead atoms. The number of nitrogens with zero attached hydrogens (tertiary/aromatic N) is 1. The highest BCUT2D eigenvalue weighted by molar-refractivity contribution is 9.10. The van der Waals surface area contributed by atoms with Crippen molar-refractivity contribution in [3.63, 3.8) is 0 Å². The van der Waals surface area contributed by atoms with Crippen molar-refractivity contribution in [3.05, 3.63) is 22.7 Å². The number of halogens is 1. The van der Waals surface area contributed by atoms with Crippen LogP contribution in [0.2, 0.25) is 0 Å². The van der Waals surface area contributed by atoms with Crippen LogP contribution in [0.4, 0.5) is 5.69 Å². The third-order valence-electron chi connectivity index (χ3n) is 2.44. The van der Waals surface area contributed by atoms with Gasteiger partial charge in [0.05, 0.1) is 12.3 Å². The number of ether oxygens (including phenoxy) is 1. The summed E-state index contributed by atoms with van der Waals surface area (Å²) in [6, 6.07) is 6.14. The summed E-state index contributed by atoms with van der Waals surface area (Å²) in [5, 5.41) is 0. The number of hydrogen-bond acceptors (Lipinski definition) is 2. The summed E-state index contributed by atoms with van der Waals surface area (Å²) in [6.07, 6.45) is 0. The number of anilines is 1.